The van der Waals surface area contributed by atoms with Crippen LogP contribution in [0, 0.1) is 0 Å². The molecular weight excluding hydrogens is 482 g/mol. The minimum atomic E-state index is -1.14. The van der Waals surface area contributed by atoms with Gasteiger partial charge >= 0.3 is 6.09 Å². The van der Waals surface area contributed by atoms with Crippen molar-refractivity contribution in [1.82, 2.24) is 19.7 Å². The van der Waals surface area contributed by atoms with E-state index in [1.54, 1.807) is 18.7 Å². The predicted octanol–water partition coefficient (Wildman–Crippen LogP) is 7.23. The molecule has 0 fully saturated rings. The van der Waals surface area contributed by atoms with Crippen molar-refractivity contribution < 1.29 is 14.3 Å². The molecule has 0 radical (unpaired) electrons. The van der Waals surface area contributed by atoms with Crippen molar-refractivity contribution in [3.8, 4) is 22.5 Å². The van der Waals surface area contributed by atoms with E-state index in [4.69, 9.17) is 9.47 Å². The Morgan fingerprint density at radius 3 is 2.57 bits per heavy atom. The first-order valence-corrected chi connectivity index (χ1v) is 17.0. The Labute approximate surface area is 221 Å². The van der Waals surface area contributed by atoms with E-state index in [-0.39, 0.29) is 0 Å². The third-order valence-electron chi connectivity index (χ3n) is 6.01. The lowest BCUT2D eigenvalue weighted by Crippen LogP contribution is -2.22. The summed E-state index contributed by atoms with van der Waals surface area (Å²) in [6.45, 7) is 10.8. The summed E-state index contributed by atoms with van der Waals surface area (Å²) in [6, 6.07) is 10.8. The van der Waals surface area contributed by atoms with Gasteiger partial charge in [0.1, 0.15) is 13.1 Å². The van der Waals surface area contributed by atoms with Crippen molar-refractivity contribution >= 4 is 19.9 Å². The number of ether oxygens (including phenoxy) is 2. The molecule has 0 saturated heterocycles. The third-order valence-corrected chi connectivity index (χ3v) is 7.72. The van der Waals surface area contributed by atoms with Gasteiger partial charge in [-0.2, -0.15) is 0 Å². The van der Waals surface area contributed by atoms with E-state index in [9.17, 15) is 4.79 Å². The SMILES string of the molecule is CCCCCCCCOC(=O)Nc1cccc(-c2cncc(-c3nncn3COCC[Si](C)(C)C)c2)c1. The van der Waals surface area contributed by atoms with Gasteiger partial charge in [-0.3, -0.25) is 14.9 Å². The summed E-state index contributed by atoms with van der Waals surface area (Å²) in [6.07, 6.45) is 11.7. The molecular formula is C28H41N5O3Si. The van der Waals surface area contributed by atoms with Crippen molar-refractivity contribution in [3.05, 3.63) is 49.1 Å². The highest BCUT2D eigenvalue weighted by Gasteiger charge is 2.14. The molecule has 0 atom stereocenters. The molecule has 0 bridgehead atoms. The maximum atomic E-state index is 12.2. The van der Waals surface area contributed by atoms with Crippen molar-refractivity contribution in [2.24, 2.45) is 0 Å². The molecule has 0 aliphatic heterocycles. The maximum absolute atomic E-state index is 12.2. The largest absolute Gasteiger partial charge is 0.449 e. The molecule has 3 rings (SSSR count). The zero-order chi connectivity index (χ0) is 26.5. The van der Waals surface area contributed by atoms with E-state index in [0.29, 0.717) is 24.8 Å². The molecule has 0 aliphatic rings. The minimum Gasteiger partial charge on any atom is -0.449 e. The first-order chi connectivity index (χ1) is 17.9. The van der Waals surface area contributed by atoms with Crippen LogP contribution in [-0.4, -0.2) is 47.1 Å². The van der Waals surface area contributed by atoms with Crippen LogP contribution in [-0.2, 0) is 16.2 Å². The number of nitrogens with one attached hydrogen (secondary N) is 1. The number of hydrogen-bond acceptors (Lipinski definition) is 6. The summed E-state index contributed by atoms with van der Waals surface area (Å²) >= 11 is 0. The van der Waals surface area contributed by atoms with Crippen LogP contribution in [0.4, 0.5) is 10.5 Å². The Hall–Kier alpha value is -3.04. The fourth-order valence-corrected chi connectivity index (χ4v) is 4.57. The summed E-state index contributed by atoms with van der Waals surface area (Å²) < 4.78 is 13.1. The number of rotatable bonds is 15. The van der Waals surface area contributed by atoms with Crippen molar-refractivity contribution in [3.63, 3.8) is 0 Å². The Balaban J connectivity index is 1.57. The quantitative estimate of drug-likeness (QED) is 0.167. The Morgan fingerprint density at radius 1 is 0.973 bits per heavy atom. The minimum absolute atomic E-state index is 0.400. The molecule has 8 nitrogen and oxygen atoms in total. The van der Waals surface area contributed by atoms with Crippen LogP contribution in [0.3, 0.4) is 0 Å². The van der Waals surface area contributed by atoms with E-state index in [2.05, 4.69) is 47.1 Å². The molecule has 200 valence electrons. The normalized spacial score (nSPS) is 11.5. The Bertz CT molecular complexity index is 1110. The molecule has 1 aromatic carbocycles. The summed E-state index contributed by atoms with van der Waals surface area (Å²) in [4.78, 5) is 16.7. The number of benzene rings is 1. The van der Waals surface area contributed by atoms with Gasteiger partial charge in [0.25, 0.3) is 0 Å². The lowest BCUT2D eigenvalue weighted by Gasteiger charge is -2.15. The topological polar surface area (TPSA) is 91.2 Å². The first-order valence-electron chi connectivity index (χ1n) is 13.3. The highest BCUT2D eigenvalue weighted by molar-refractivity contribution is 6.76. The average Bonchev–Trinajstić information content (AvgIpc) is 3.34. The number of amides is 1. The van der Waals surface area contributed by atoms with Crippen LogP contribution in [0.2, 0.25) is 25.7 Å². The molecule has 2 heterocycles. The van der Waals surface area contributed by atoms with Crippen LogP contribution in [0.15, 0.2) is 49.1 Å². The van der Waals surface area contributed by atoms with E-state index >= 15 is 0 Å². The van der Waals surface area contributed by atoms with Gasteiger partial charge < -0.3 is 9.47 Å². The van der Waals surface area contributed by atoms with Crippen LogP contribution in [0.5, 0.6) is 0 Å². The van der Waals surface area contributed by atoms with Gasteiger partial charge in [0.15, 0.2) is 5.82 Å². The number of nitrogens with zero attached hydrogens (tertiary/aromatic N) is 4. The van der Waals surface area contributed by atoms with Gasteiger partial charge in [0.2, 0.25) is 0 Å². The molecule has 1 amide bonds. The number of carbonyl (C=O) groups excluding carboxylic acids is 1. The lowest BCUT2D eigenvalue weighted by atomic mass is 10.1. The predicted molar refractivity (Wildman–Crippen MR) is 151 cm³/mol. The molecule has 0 spiro atoms. The van der Waals surface area contributed by atoms with E-state index in [1.807, 2.05) is 34.9 Å². The average molecular weight is 524 g/mol. The second-order valence-corrected chi connectivity index (χ2v) is 16.2. The zero-order valence-electron chi connectivity index (χ0n) is 22.7. The number of anilines is 1. The Kier molecular flexibility index (Phi) is 11.3. The maximum Gasteiger partial charge on any atom is 0.411 e. The van der Waals surface area contributed by atoms with Crippen LogP contribution < -0.4 is 5.32 Å². The van der Waals surface area contributed by atoms with Gasteiger partial charge in [0, 0.05) is 43.9 Å². The van der Waals surface area contributed by atoms with Gasteiger partial charge in [-0.15, -0.1) is 10.2 Å². The monoisotopic (exact) mass is 523 g/mol. The summed E-state index contributed by atoms with van der Waals surface area (Å²) in [7, 11) is -1.14. The fraction of sp³-hybridized carbons (Fsp3) is 0.500. The molecule has 1 N–H and O–H groups in total. The fourth-order valence-electron chi connectivity index (χ4n) is 3.81. The highest BCUT2D eigenvalue weighted by Crippen LogP contribution is 2.26. The van der Waals surface area contributed by atoms with Crippen LogP contribution >= 0.6 is 0 Å². The van der Waals surface area contributed by atoms with E-state index in [0.717, 1.165) is 42.2 Å². The van der Waals surface area contributed by atoms with Crippen molar-refractivity contribution in [1.29, 1.82) is 0 Å². The number of aromatic nitrogens is 4. The lowest BCUT2D eigenvalue weighted by molar-refractivity contribution is 0.0880. The second kappa shape index (κ2) is 14.6. The molecule has 2 aromatic heterocycles. The summed E-state index contributed by atoms with van der Waals surface area (Å²) in [5.41, 5.74) is 3.37. The molecule has 0 aliphatic carbocycles. The number of pyridine rings is 1. The van der Waals surface area contributed by atoms with Crippen molar-refractivity contribution in [2.75, 3.05) is 18.5 Å². The number of hydrogen-bond donors (Lipinski definition) is 1. The molecule has 37 heavy (non-hydrogen) atoms. The molecule has 0 saturated carbocycles. The second-order valence-electron chi connectivity index (χ2n) is 10.5. The summed E-state index contributed by atoms with van der Waals surface area (Å²) in [5.74, 6) is 0.704. The molecule has 0 unspecified atom stereocenters. The van der Waals surface area contributed by atoms with Crippen molar-refractivity contribution in [2.45, 2.75) is 77.9 Å². The van der Waals surface area contributed by atoms with E-state index < -0.39 is 14.2 Å². The standard InChI is InChI=1S/C28H41N5O3Si/c1-5-6-7-8-9-10-14-36-28(34)31-26-13-11-12-23(18-26)24-17-25(20-29-19-24)27-32-30-21-33(27)22-35-15-16-37(2,3)4/h11-13,17-21H,5-10,14-16,22H2,1-4H3,(H,31,34). The highest BCUT2D eigenvalue weighted by atomic mass is 28.3. The van der Waals surface area contributed by atoms with Crippen LogP contribution in [0.25, 0.3) is 22.5 Å². The summed E-state index contributed by atoms with van der Waals surface area (Å²) in [5, 5.41) is 11.2. The Morgan fingerprint density at radius 2 is 1.76 bits per heavy atom. The van der Waals surface area contributed by atoms with Gasteiger partial charge in [-0.1, -0.05) is 70.8 Å². The third kappa shape index (κ3) is 10.1. The number of carbonyl (C=O) groups is 1. The van der Waals surface area contributed by atoms with Gasteiger partial charge in [-0.05, 0) is 36.2 Å². The molecule has 3 aromatic rings. The van der Waals surface area contributed by atoms with Crippen LogP contribution in [0.1, 0.15) is 45.4 Å². The van der Waals surface area contributed by atoms with E-state index in [1.165, 1.54) is 25.7 Å². The van der Waals surface area contributed by atoms with Gasteiger partial charge in [0.05, 0.1) is 6.61 Å². The first kappa shape index (κ1) is 28.5. The van der Waals surface area contributed by atoms with Gasteiger partial charge in [-0.25, -0.2) is 4.79 Å². The smallest absolute Gasteiger partial charge is 0.411 e. The zero-order valence-corrected chi connectivity index (χ0v) is 23.7. The molecule has 9 heteroatoms. The number of unbranched alkanes of at least 4 members (excludes halogenated alkanes) is 5.